The molecule has 14 heavy (non-hydrogen) atoms. The van der Waals surface area contributed by atoms with Gasteiger partial charge in [0.05, 0.1) is 0 Å². The highest BCUT2D eigenvalue weighted by atomic mass is 15.2. The number of anilines is 1. The van der Waals surface area contributed by atoms with Crippen molar-refractivity contribution in [2.75, 3.05) is 18.0 Å². The van der Waals surface area contributed by atoms with Gasteiger partial charge < -0.3 is 4.90 Å². The first-order chi connectivity index (χ1) is 6.75. The van der Waals surface area contributed by atoms with Crippen LogP contribution in [-0.4, -0.2) is 25.9 Å². The van der Waals surface area contributed by atoms with E-state index in [4.69, 9.17) is 0 Å². The lowest BCUT2D eigenvalue weighted by Crippen LogP contribution is -2.34. The van der Waals surface area contributed by atoms with Crippen LogP contribution in [0.3, 0.4) is 0 Å². The van der Waals surface area contributed by atoms with Gasteiger partial charge in [0.2, 0.25) is 0 Å². The predicted octanol–water partition coefficient (Wildman–Crippen LogP) is 0.576. The van der Waals surface area contributed by atoms with E-state index in [0.717, 1.165) is 30.4 Å². The van der Waals surface area contributed by atoms with Crippen LogP contribution in [0.25, 0.3) is 0 Å². The summed E-state index contributed by atoms with van der Waals surface area (Å²) < 4.78 is 0. The van der Waals surface area contributed by atoms with Gasteiger partial charge in [0.1, 0.15) is 5.82 Å². The molecule has 3 heteroatoms. The molecular formula is C11H17BN2. The largest absolute Gasteiger partial charge is 0.357 e. The Labute approximate surface area is 86.7 Å². The summed E-state index contributed by atoms with van der Waals surface area (Å²) in [5.41, 5.74) is 1.11. The quantitative estimate of drug-likeness (QED) is 0.599. The van der Waals surface area contributed by atoms with Crippen LogP contribution in [0, 0.1) is 5.92 Å². The number of hydrogen-bond donors (Lipinski definition) is 0. The fourth-order valence-electron chi connectivity index (χ4n) is 1.94. The number of rotatable bonds is 1. The summed E-state index contributed by atoms with van der Waals surface area (Å²) in [5.74, 6) is 2.04. The van der Waals surface area contributed by atoms with Crippen LogP contribution in [0.15, 0.2) is 18.2 Å². The molecule has 0 spiro atoms. The Morgan fingerprint density at radius 3 is 2.71 bits per heavy atom. The van der Waals surface area contributed by atoms with Crippen molar-refractivity contribution in [1.82, 2.24) is 4.98 Å². The number of hydrogen-bond acceptors (Lipinski definition) is 2. The highest BCUT2D eigenvalue weighted by Crippen LogP contribution is 2.20. The second-order valence-electron chi connectivity index (χ2n) is 4.31. The molecule has 0 aromatic carbocycles. The van der Waals surface area contributed by atoms with Gasteiger partial charge in [-0.3, -0.25) is 0 Å². The third-order valence-electron chi connectivity index (χ3n) is 2.98. The SMILES string of the molecule is Bc1cccc(N2CCC(C)CC2)n1. The van der Waals surface area contributed by atoms with Gasteiger partial charge in [-0.25, -0.2) is 4.98 Å². The second-order valence-corrected chi connectivity index (χ2v) is 4.31. The molecule has 1 aromatic heterocycles. The average Bonchev–Trinajstić information content (AvgIpc) is 2.19. The van der Waals surface area contributed by atoms with Crippen molar-refractivity contribution in [3.8, 4) is 0 Å². The fraction of sp³-hybridized carbons (Fsp3) is 0.545. The molecule has 2 heterocycles. The van der Waals surface area contributed by atoms with Crippen molar-refractivity contribution >= 4 is 19.3 Å². The summed E-state index contributed by atoms with van der Waals surface area (Å²) >= 11 is 0. The summed E-state index contributed by atoms with van der Waals surface area (Å²) in [4.78, 5) is 6.94. The van der Waals surface area contributed by atoms with Crippen molar-refractivity contribution in [3.63, 3.8) is 0 Å². The van der Waals surface area contributed by atoms with Crippen molar-refractivity contribution in [2.45, 2.75) is 19.8 Å². The maximum absolute atomic E-state index is 4.55. The third-order valence-corrected chi connectivity index (χ3v) is 2.98. The highest BCUT2D eigenvalue weighted by Gasteiger charge is 2.16. The van der Waals surface area contributed by atoms with Crippen LogP contribution in [0.5, 0.6) is 0 Å². The molecule has 0 aliphatic carbocycles. The van der Waals surface area contributed by atoms with Gasteiger partial charge in [-0.15, -0.1) is 0 Å². The lowest BCUT2D eigenvalue weighted by atomic mass is 9.99. The molecule has 1 saturated heterocycles. The summed E-state index contributed by atoms with van der Waals surface area (Å²) in [6.45, 7) is 4.66. The van der Waals surface area contributed by atoms with Crippen molar-refractivity contribution in [3.05, 3.63) is 18.2 Å². The molecule has 1 aliphatic rings. The average molecular weight is 188 g/mol. The number of aromatic nitrogens is 1. The monoisotopic (exact) mass is 188 g/mol. The number of nitrogens with zero attached hydrogens (tertiary/aromatic N) is 2. The fourth-order valence-corrected chi connectivity index (χ4v) is 1.94. The zero-order valence-electron chi connectivity index (χ0n) is 9.03. The standard InChI is InChI=1S/C11H17BN2/c1-9-5-7-14(8-6-9)11-4-2-3-10(12)13-11/h2-4,9H,5-8,12H2,1H3. The van der Waals surface area contributed by atoms with Gasteiger partial charge >= 0.3 is 0 Å². The first kappa shape index (κ1) is 9.57. The van der Waals surface area contributed by atoms with Crippen LogP contribution >= 0.6 is 0 Å². The summed E-state index contributed by atoms with van der Waals surface area (Å²) in [6, 6.07) is 6.26. The first-order valence-electron chi connectivity index (χ1n) is 5.44. The van der Waals surface area contributed by atoms with E-state index in [0.29, 0.717) is 0 Å². The van der Waals surface area contributed by atoms with Crippen LogP contribution in [0.1, 0.15) is 19.8 Å². The first-order valence-corrected chi connectivity index (χ1v) is 5.44. The molecular weight excluding hydrogens is 171 g/mol. The van der Waals surface area contributed by atoms with Crippen LogP contribution in [0.4, 0.5) is 5.82 Å². The van der Waals surface area contributed by atoms with Gasteiger partial charge in [-0.1, -0.05) is 19.1 Å². The van der Waals surface area contributed by atoms with E-state index in [1.807, 2.05) is 0 Å². The molecule has 0 radical (unpaired) electrons. The summed E-state index contributed by atoms with van der Waals surface area (Å²) in [6.07, 6.45) is 2.60. The Bertz CT molecular complexity index is 306. The maximum atomic E-state index is 4.55. The lowest BCUT2D eigenvalue weighted by Gasteiger charge is -2.31. The normalized spacial score (nSPS) is 18.5. The Morgan fingerprint density at radius 1 is 1.36 bits per heavy atom. The minimum Gasteiger partial charge on any atom is -0.357 e. The lowest BCUT2D eigenvalue weighted by molar-refractivity contribution is 0.437. The Balaban J connectivity index is 2.08. The van der Waals surface area contributed by atoms with E-state index in [1.54, 1.807) is 0 Å². The minimum absolute atomic E-state index is 0.885. The smallest absolute Gasteiger partial charge is 0.164 e. The third kappa shape index (κ3) is 2.09. The molecule has 2 rings (SSSR count). The van der Waals surface area contributed by atoms with E-state index >= 15 is 0 Å². The molecule has 74 valence electrons. The second kappa shape index (κ2) is 4.03. The Kier molecular flexibility index (Phi) is 2.75. The van der Waals surface area contributed by atoms with E-state index in [-0.39, 0.29) is 0 Å². The summed E-state index contributed by atoms with van der Waals surface area (Å²) in [5, 5.41) is 0. The molecule has 2 nitrogen and oxygen atoms in total. The van der Waals surface area contributed by atoms with Crippen LogP contribution < -0.4 is 10.5 Å². The Hall–Kier alpha value is -0.985. The van der Waals surface area contributed by atoms with E-state index in [9.17, 15) is 0 Å². The molecule has 0 unspecified atom stereocenters. The summed E-state index contributed by atoms with van der Waals surface area (Å²) in [7, 11) is 2.05. The molecule has 0 amide bonds. The van der Waals surface area contributed by atoms with E-state index in [2.05, 4.69) is 42.9 Å². The topological polar surface area (TPSA) is 16.1 Å². The molecule has 1 aromatic rings. The zero-order chi connectivity index (χ0) is 9.97. The van der Waals surface area contributed by atoms with E-state index < -0.39 is 0 Å². The van der Waals surface area contributed by atoms with Gasteiger partial charge in [-0.05, 0) is 30.4 Å². The van der Waals surface area contributed by atoms with Crippen molar-refractivity contribution in [2.24, 2.45) is 5.92 Å². The predicted molar refractivity (Wildman–Crippen MR) is 63.0 cm³/mol. The molecule has 0 N–H and O–H groups in total. The van der Waals surface area contributed by atoms with Gasteiger partial charge in [0.15, 0.2) is 7.85 Å². The molecule has 0 atom stereocenters. The molecule has 1 aliphatic heterocycles. The minimum atomic E-state index is 0.885. The number of piperidine rings is 1. The van der Waals surface area contributed by atoms with Gasteiger partial charge in [-0.2, -0.15) is 0 Å². The maximum Gasteiger partial charge on any atom is 0.164 e. The highest BCUT2D eigenvalue weighted by molar-refractivity contribution is 6.30. The molecule has 0 bridgehead atoms. The zero-order valence-corrected chi connectivity index (χ0v) is 9.03. The van der Waals surface area contributed by atoms with Crippen molar-refractivity contribution < 1.29 is 0 Å². The van der Waals surface area contributed by atoms with Crippen LogP contribution in [0.2, 0.25) is 0 Å². The van der Waals surface area contributed by atoms with Crippen molar-refractivity contribution in [1.29, 1.82) is 0 Å². The van der Waals surface area contributed by atoms with Gasteiger partial charge in [0.25, 0.3) is 0 Å². The van der Waals surface area contributed by atoms with Crippen LogP contribution in [-0.2, 0) is 0 Å². The Morgan fingerprint density at radius 2 is 2.07 bits per heavy atom. The van der Waals surface area contributed by atoms with Gasteiger partial charge in [0, 0.05) is 13.1 Å². The number of pyridine rings is 1. The molecule has 0 saturated carbocycles. The van der Waals surface area contributed by atoms with E-state index in [1.165, 1.54) is 12.8 Å². The molecule has 1 fully saturated rings.